The molecule has 106 valence electrons. The molecular weight excluding hydrogens is 266 g/mol. The summed E-state index contributed by atoms with van der Waals surface area (Å²) in [4.78, 5) is 9.98. The summed E-state index contributed by atoms with van der Waals surface area (Å²) < 4.78 is 0. The Hall–Kier alpha value is -1.39. The molecule has 2 rings (SSSR count). The number of hydrogen-bond donors (Lipinski definition) is 1. The Morgan fingerprint density at radius 1 is 1.10 bits per heavy atom. The van der Waals surface area contributed by atoms with Gasteiger partial charge in [-0.1, -0.05) is 31.5 Å². The average Bonchev–Trinajstić information content (AvgIpc) is 2.43. The summed E-state index contributed by atoms with van der Waals surface area (Å²) in [5, 5.41) is 4.18. The van der Waals surface area contributed by atoms with E-state index in [1.165, 1.54) is 10.5 Å². The van der Waals surface area contributed by atoms with Crippen molar-refractivity contribution < 1.29 is 0 Å². The maximum absolute atomic E-state index is 4.41. The number of nitrogens with zero attached hydrogens (tertiary/aromatic N) is 2. The van der Waals surface area contributed by atoms with Gasteiger partial charge in [0.05, 0.1) is 0 Å². The van der Waals surface area contributed by atoms with Crippen molar-refractivity contribution in [1.29, 1.82) is 0 Å². The summed E-state index contributed by atoms with van der Waals surface area (Å²) in [5.41, 5.74) is 2.39. The molecule has 0 aliphatic rings. The summed E-state index contributed by atoms with van der Waals surface area (Å²) >= 11 is 1.59. The molecule has 0 radical (unpaired) electrons. The van der Waals surface area contributed by atoms with Crippen LogP contribution in [0.2, 0.25) is 0 Å². The smallest absolute Gasteiger partial charge is 0.192 e. The molecular formula is C16H21N3S. The second-order valence-electron chi connectivity index (χ2n) is 5.31. The lowest BCUT2D eigenvalue weighted by Crippen LogP contribution is -2.19. The van der Waals surface area contributed by atoms with Crippen molar-refractivity contribution in [2.24, 2.45) is 5.92 Å². The molecule has 1 heterocycles. The number of aromatic nitrogens is 2. The van der Waals surface area contributed by atoms with E-state index in [1.807, 2.05) is 12.4 Å². The topological polar surface area (TPSA) is 37.8 Å². The van der Waals surface area contributed by atoms with Gasteiger partial charge in [0.15, 0.2) is 5.16 Å². The quantitative estimate of drug-likeness (QED) is 0.822. The molecule has 0 amide bonds. The van der Waals surface area contributed by atoms with Crippen molar-refractivity contribution in [1.82, 2.24) is 15.3 Å². The molecule has 2 aromatic rings. The van der Waals surface area contributed by atoms with Gasteiger partial charge in [-0.25, -0.2) is 9.97 Å². The van der Waals surface area contributed by atoms with E-state index in [4.69, 9.17) is 0 Å². The highest BCUT2D eigenvalue weighted by Crippen LogP contribution is 2.24. The molecule has 0 aliphatic carbocycles. The first-order valence-electron chi connectivity index (χ1n) is 6.89. The van der Waals surface area contributed by atoms with Crippen LogP contribution in [0.3, 0.4) is 0 Å². The van der Waals surface area contributed by atoms with Gasteiger partial charge in [-0.15, -0.1) is 0 Å². The van der Waals surface area contributed by atoms with Crippen LogP contribution >= 0.6 is 11.8 Å². The van der Waals surface area contributed by atoms with Crippen molar-refractivity contribution in [2.75, 3.05) is 6.54 Å². The zero-order chi connectivity index (χ0) is 14.4. The lowest BCUT2D eigenvalue weighted by molar-refractivity contribution is 0.550. The summed E-state index contributed by atoms with van der Waals surface area (Å²) in [6.45, 7) is 8.33. The third kappa shape index (κ3) is 4.94. The van der Waals surface area contributed by atoms with Gasteiger partial charge < -0.3 is 5.32 Å². The second-order valence-corrected chi connectivity index (χ2v) is 6.35. The minimum atomic E-state index is 0.660. The molecule has 1 aromatic carbocycles. The molecule has 1 N–H and O–H groups in total. The van der Waals surface area contributed by atoms with Crippen molar-refractivity contribution in [3.8, 4) is 0 Å². The lowest BCUT2D eigenvalue weighted by atomic mass is 10.2. The summed E-state index contributed by atoms with van der Waals surface area (Å²) in [7, 11) is 0. The van der Waals surface area contributed by atoms with E-state index >= 15 is 0 Å². The zero-order valence-electron chi connectivity index (χ0n) is 12.3. The van der Waals surface area contributed by atoms with Crippen LogP contribution in [0.15, 0.2) is 46.7 Å². The minimum absolute atomic E-state index is 0.660. The largest absolute Gasteiger partial charge is 0.312 e. The maximum atomic E-state index is 4.41. The van der Waals surface area contributed by atoms with E-state index in [0.717, 1.165) is 23.8 Å². The predicted octanol–water partition coefficient (Wildman–Crippen LogP) is 3.68. The van der Waals surface area contributed by atoms with Crippen LogP contribution in [0.1, 0.15) is 25.0 Å². The zero-order valence-corrected chi connectivity index (χ0v) is 13.1. The first-order chi connectivity index (χ1) is 9.63. The fourth-order valence-electron chi connectivity index (χ4n) is 1.70. The van der Waals surface area contributed by atoms with Crippen LogP contribution in [0.4, 0.5) is 0 Å². The van der Waals surface area contributed by atoms with Crippen LogP contribution < -0.4 is 5.32 Å². The molecule has 0 aliphatic heterocycles. The summed E-state index contributed by atoms with van der Waals surface area (Å²) in [5.74, 6) is 0.660. The van der Waals surface area contributed by atoms with Gasteiger partial charge in [0.25, 0.3) is 0 Å². The van der Waals surface area contributed by atoms with Crippen molar-refractivity contribution in [2.45, 2.75) is 37.4 Å². The van der Waals surface area contributed by atoms with Gasteiger partial charge in [0.1, 0.15) is 0 Å². The number of nitrogens with one attached hydrogen (secondary N) is 1. The Morgan fingerprint density at radius 3 is 2.35 bits per heavy atom. The standard InChI is InChI=1S/C16H21N3S/c1-12(2)8-17-9-14-10-18-16(19-11-14)20-15-6-4-13(3)5-7-15/h4-7,10-12,17H,8-9H2,1-3H3. The van der Waals surface area contributed by atoms with Crippen LogP contribution in [0, 0.1) is 12.8 Å². The van der Waals surface area contributed by atoms with Gasteiger partial charge in [0, 0.05) is 29.4 Å². The fourth-order valence-corrected chi connectivity index (χ4v) is 2.40. The van der Waals surface area contributed by atoms with Gasteiger partial charge >= 0.3 is 0 Å². The third-order valence-corrected chi connectivity index (χ3v) is 3.69. The van der Waals surface area contributed by atoms with Gasteiger partial charge in [-0.2, -0.15) is 0 Å². The Morgan fingerprint density at radius 2 is 1.75 bits per heavy atom. The Labute approximate surface area is 125 Å². The van der Waals surface area contributed by atoms with E-state index < -0.39 is 0 Å². The number of benzene rings is 1. The molecule has 0 fully saturated rings. The van der Waals surface area contributed by atoms with E-state index in [2.05, 4.69) is 60.3 Å². The number of hydrogen-bond acceptors (Lipinski definition) is 4. The van der Waals surface area contributed by atoms with Gasteiger partial charge in [-0.3, -0.25) is 0 Å². The minimum Gasteiger partial charge on any atom is -0.312 e. The first kappa shape index (κ1) is 15.0. The monoisotopic (exact) mass is 287 g/mol. The molecule has 0 spiro atoms. The summed E-state index contributed by atoms with van der Waals surface area (Å²) in [6.07, 6.45) is 3.80. The highest BCUT2D eigenvalue weighted by Gasteiger charge is 2.01. The van der Waals surface area contributed by atoms with E-state index in [-0.39, 0.29) is 0 Å². The van der Waals surface area contributed by atoms with Gasteiger partial charge in [-0.05, 0) is 43.3 Å². The highest BCUT2D eigenvalue weighted by molar-refractivity contribution is 7.99. The number of rotatable bonds is 6. The molecule has 0 atom stereocenters. The van der Waals surface area contributed by atoms with Crippen LogP contribution in [0.5, 0.6) is 0 Å². The van der Waals surface area contributed by atoms with Crippen LogP contribution in [0.25, 0.3) is 0 Å². The molecule has 0 bridgehead atoms. The molecule has 0 saturated heterocycles. The first-order valence-corrected chi connectivity index (χ1v) is 7.71. The average molecular weight is 287 g/mol. The summed E-state index contributed by atoms with van der Waals surface area (Å²) in [6, 6.07) is 8.40. The Bertz CT molecular complexity index is 520. The number of aryl methyl sites for hydroxylation is 1. The maximum Gasteiger partial charge on any atom is 0.192 e. The molecule has 0 saturated carbocycles. The predicted molar refractivity (Wildman–Crippen MR) is 83.9 cm³/mol. The lowest BCUT2D eigenvalue weighted by Gasteiger charge is -2.07. The van der Waals surface area contributed by atoms with E-state index in [1.54, 1.807) is 11.8 Å². The normalized spacial score (nSPS) is 11.0. The molecule has 3 nitrogen and oxygen atoms in total. The van der Waals surface area contributed by atoms with Crippen LogP contribution in [-0.4, -0.2) is 16.5 Å². The SMILES string of the molecule is Cc1ccc(Sc2ncc(CNCC(C)C)cn2)cc1. The molecule has 4 heteroatoms. The van der Waals surface area contributed by atoms with Crippen molar-refractivity contribution >= 4 is 11.8 Å². The second kappa shape index (κ2) is 7.41. The van der Waals surface area contributed by atoms with E-state index in [9.17, 15) is 0 Å². The fraction of sp³-hybridized carbons (Fsp3) is 0.375. The third-order valence-electron chi connectivity index (χ3n) is 2.79. The molecule has 0 unspecified atom stereocenters. The Balaban J connectivity index is 1.89. The van der Waals surface area contributed by atoms with Gasteiger partial charge in [0.2, 0.25) is 0 Å². The Kier molecular flexibility index (Phi) is 5.56. The molecule has 20 heavy (non-hydrogen) atoms. The molecule has 1 aromatic heterocycles. The van der Waals surface area contributed by atoms with Crippen LogP contribution in [-0.2, 0) is 6.54 Å². The van der Waals surface area contributed by atoms with Crippen molar-refractivity contribution in [3.63, 3.8) is 0 Å². The van der Waals surface area contributed by atoms with Crippen molar-refractivity contribution in [3.05, 3.63) is 47.8 Å². The highest BCUT2D eigenvalue weighted by atomic mass is 32.2. The van der Waals surface area contributed by atoms with E-state index in [0.29, 0.717) is 5.92 Å².